The van der Waals surface area contributed by atoms with Crippen LogP contribution in [0.5, 0.6) is 0 Å². The fourth-order valence-electron chi connectivity index (χ4n) is 8.66. The van der Waals surface area contributed by atoms with E-state index in [1.807, 2.05) is 0 Å². The molecule has 0 aliphatic heterocycles. The molecule has 0 saturated heterocycles. The van der Waals surface area contributed by atoms with E-state index in [0.717, 1.165) is 49.2 Å². The molecule has 5 nitrogen and oxygen atoms in total. The predicted octanol–water partition coefficient (Wildman–Crippen LogP) is 5.21. The van der Waals surface area contributed by atoms with Gasteiger partial charge in [0.1, 0.15) is 5.67 Å². The number of alkyl halides is 4. The normalized spacial score (nSPS) is 43.3. The van der Waals surface area contributed by atoms with E-state index in [9.17, 15) is 23.1 Å². The molecular weight excluding hydrogens is 464 g/mol. The van der Waals surface area contributed by atoms with Gasteiger partial charge >= 0.3 is 6.18 Å². The molecule has 1 N–H and O–H groups in total. The minimum absolute atomic E-state index is 0.0549. The van der Waals surface area contributed by atoms with Crippen LogP contribution in [-0.4, -0.2) is 45.7 Å². The number of carbonyl (C=O) groups is 1. The number of hydrogen-bond acceptors (Lipinski definition) is 4. The van der Waals surface area contributed by atoms with Gasteiger partial charge in [0.15, 0.2) is 5.78 Å². The van der Waals surface area contributed by atoms with Gasteiger partial charge in [-0.25, -0.2) is 4.39 Å². The lowest BCUT2D eigenvalue weighted by Crippen LogP contribution is -2.59. The van der Waals surface area contributed by atoms with E-state index in [-0.39, 0.29) is 53.9 Å². The summed E-state index contributed by atoms with van der Waals surface area (Å²) in [6.45, 7) is 2.21. The quantitative estimate of drug-likeness (QED) is 0.564. The van der Waals surface area contributed by atoms with Crippen LogP contribution in [0.25, 0.3) is 0 Å². The van der Waals surface area contributed by atoms with Gasteiger partial charge in [-0.15, -0.1) is 0 Å². The standard InChI is InChI=1S/C26H36F4N2O3/c1-23-8-7-20-18(4-3-16-11-24(34,15-35-2)9-10-25(16,20)27)19(23)5-6-21(23)22(33)14-32-13-17(12-31-32)26(28,29)30/h12-13,16,18-21,34H,3-11,14-15H2,1-2H3/t16-,18+,19+,20+,21-,23+,24-,25-/m1/s1. The molecule has 0 amide bonds. The summed E-state index contributed by atoms with van der Waals surface area (Å²) in [5.74, 6) is -0.0753. The molecule has 0 radical (unpaired) electrons. The van der Waals surface area contributed by atoms with Crippen molar-refractivity contribution in [3.8, 4) is 0 Å². The van der Waals surface area contributed by atoms with Crippen molar-refractivity contribution in [3.05, 3.63) is 18.0 Å². The molecule has 0 bridgehead atoms. The zero-order chi connectivity index (χ0) is 25.2. The number of carbonyl (C=O) groups excluding carboxylic acids is 1. The molecule has 0 aromatic carbocycles. The minimum atomic E-state index is -4.48. The topological polar surface area (TPSA) is 64.3 Å². The van der Waals surface area contributed by atoms with Gasteiger partial charge in [0, 0.05) is 19.2 Å². The van der Waals surface area contributed by atoms with Crippen LogP contribution in [0.4, 0.5) is 17.6 Å². The Morgan fingerprint density at radius 2 is 1.94 bits per heavy atom. The summed E-state index contributed by atoms with van der Waals surface area (Å²) in [5, 5.41) is 14.6. The maximum Gasteiger partial charge on any atom is 0.419 e. The summed E-state index contributed by atoms with van der Waals surface area (Å²) >= 11 is 0. The molecule has 35 heavy (non-hydrogen) atoms. The third-order valence-corrected chi connectivity index (χ3v) is 10.3. The molecule has 1 aromatic rings. The van der Waals surface area contributed by atoms with Crippen molar-refractivity contribution in [2.75, 3.05) is 13.7 Å². The number of aromatic nitrogens is 2. The highest BCUT2D eigenvalue weighted by Gasteiger charge is 2.64. The van der Waals surface area contributed by atoms with E-state index < -0.39 is 23.0 Å². The molecule has 0 spiro atoms. The van der Waals surface area contributed by atoms with Crippen LogP contribution in [0.15, 0.2) is 12.4 Å². The lowest BCUT2D eigenvalue weighted by atomic mass is 9.47. The molecule has 4 aliphatic rings. The summed E-state index contributed by atoms with van der Waals surface area (Å²) in [4.78, 5) is 13.3. The van der Waals surface area contributed by atoms with E-state index in [4.69, 9.17) is 4.74 Å². The fourth-order valence-corrected chi connectivity index (χ4v) is 8.66. The second kappa shape index (κ2) is 8.54. The molecule has 4 saturated carbocycles. The van der Waals surface area contributed by atoms with E-state index in [2.05, 4.69) is 12.0 Å². The average molecular weight is 501 g/mol. The number of Topliss-reactive ketones (excluding diaryl/α,β-unsaturated/α-hetero) is 1. The number of nitrogens with zero attached hydrogens (tertiary/aromatic N) is 2. The van der Waals surface area contributed by atoms with E-state index in [0.29, 0.717) is 25.7 Å². The van der Waals surface area contributed by atoms with Crippen LogP contribution in [0.3, 0.4) is 0 Å². The molecule has 9 heteroatoms. The van der Waals surface area contributed by atoms with Crippen LogP contribution in [0.2, 0.25) is 0 Å². The predicted molar refractivity (Wildman–Crippen MR) is 120 cm³/mol. The first kappa shape index (κ1) is 25.2. The molecule has 196 valence electrons. The van der Waals surface area contributed by atoms with Gasteiger partial charge in [-0.05, 0) is 86.9 Å². The Morgan fingerprint density at radius 3 is 2.63 bits per heavy atom. The zero-order valence-electron chi connectivity index (χ0n) is 20.5. The van der Waals surface area contributed by atoms with Crippen LogP contribution in [0, 0.1) is 35.0 Å². The van der Waals surface area contributed by atoms with Gasteiger partial charge in [-0.2, -0.15) is 18.3 Å². The third-order valence-electron chi connectivity index (χ3n) is 10.3. The summed E-state index contributed by atoms with van der Waals surface area (Å²) in [6.07, 6.45) is 3.04. The number of ketones is 1. The third kappa shape index (κ3) is 4.14. The number of hydrogen-bond donors (Lipinski definition) is 1. The first-order chi connectivity index (χ1) is 16.4. The van der Waals surface area contributed by atoms with Crippen LogP contribution in [0.1, 0.15) is 70.3 Å². The minimum Gasteiger partial charge on any atom is -0.387 e. The van der Waals surface area contributed by atoms with Crippen molar-refractivity contribution in [1.82, 2.24) is 9.78 Å². The van der Waals surface area contributed by atoms with Gasteiger partial charge in [-0.1, -0.05) is 6.92 Å². The molecule has 1 aromatic heterocycles. The summed E-state index contributed by atoms with van der Waals surface area (Å²) < 4.78 is 61.7. The van der Waals surface area contributed by atoms with Crippen molar-refractivity contribution in [1.29, 1.82) is 0 Å². The number of rotatable bonds is 5. The molecular formula is C26H36F4N2O3. The van der Waals surface area contributed by atoms with Crippen molar-refractivity contribution < 1.29 is 32.2 Å². The first-order valence-electron chi connectivity index (χ1n) is 12.9. The molecule has 4 aliphatic carbocycles. The average Bonchev–Trinajstić information content (AvgIpc) is 3.38. The largest absolute Gasteiger partial charge is 0.419 e. The SMILES string of the molecule is COC[C@@]1(O)CC[C@@]2(F)[C@H](CC[C@H]3[C@@H]4CC[C@H](C(=O)Cn5cc(C(F)(F)F)cn5)[C@@]4(C)CC[C@@H]32)C1. The smallest absolute Gasteiger partial charge is 0.387 e. The Morgan fingerprint density at radius 1 is 1.17 bits per heavy atom. The number of halogens is 4. The van der Waals surface area contributed by atoms with E-state index in [1.54, 1.807) is 7.11 Å². The molecule has 5 rings (SSSR count). The second-order valence-corrected chi connectivity index (χ2v) is 12.0. The number of methoxy groups -OCH3 is 1. The lowest BCUT2D eigenvalue weighted by molar-refractivity contribution is -0.178. The van der Waals surface area contributed by atoms with Crippen molar-refractivity contribution in [2.45, 2.75) is 88.7 Å². The molecule has 1 heterocycles. The highest BCUT2D eigenvalue weighted by molar-refractivity contribution is 5.82. The van der Waals surface area contributed by atoms with Crippen LogP contribution in [-0.2, 0) is 22.3 Å². The van der Waals surface area contributed by atoms with Gasteiger partial charge in [-0.3, -0.25) is 9.48 Å². The monoisotopic (exact) mass is 500 g/mol. The molecule has 4 fully saturated rings. The summed E-state index contributed by atoms with van der Waals surface area (Å²) in [6, 6.07) is 0. The summed E-state index contributed by atoms with van der Waals surface area (Å²) in [5.41, 5.74) is -3.34. The Kier molecular flexibility index (Phi) is 6.14. The van der Waals surface area contributed by atoms with Crippen LogP contribution >= 0.6 is 0 Å². The Hall–Kier alpha value is -1.48. The Bertz CT molecular complexity index is 967. The molecule has 8 atom stereocenters. The first-order valence-corrected chi connectivity index (χ1v) is 12.9. The maximum atomic E-state index is 16.6. The fraction of sp³-hybridized carbons (Fsp3) is 0.846. The number of fused-ring (bicyclic) bond motifs is 5. The lowest BCUT2D eigenvalue weighted by Gasteiger charge is -2.59. The van der Waals surface area contributed by atoms with Crippen molar-refractivity contribution >= 4 is 5.78 Å². The van der Waals surface area contributed by atoms with Gasteiger partial charge in [0.05, 0.1) is 30.5 Å². The van der Waals surface area contributed by atoms with Crippen molar-refractivity contribution in [3.63, 3.8) is 0 Å². The van der Waals surface area contributed by atoms with E-state index >= 15 is 4.39 Å². The van der Waals surface area contributed by atoms with E-state index in [1.165, 1.54) is 0 Å². The Labute approximate surface area is 203 Å². The molecule has 0 unspecified atom stereocenters. The summed E-state index contributed by atoms with van der Waals surface area (Å²) in [7, 11) is 1.56. The highest BCUT2D eigenvalue weighted by atomic mass is 19.4. The zero-order valence-corrected chi connectivity index (χ0v) is 20.5. The van der Waals surface area contributed by atoms with Crippen molar-refractivity contribution in [2.24, 2.45) is 35.0 Å². The maximum absolute atomic E-state index is 16.6. The van der Waals surface area contributed by atoms with Gasteiger partial charge in [0.2, 0.25) is 0 Å². The van der Waals surface area contributed by atoms with Crippen LogP contribution < -0.4 is 0 Å². The highest BCUT2D eigenvalue weighted by Crippen LogP contribution is 2.66. The number of aliphatic hydroxyl groups is 1. The van der Waals surface area contributed by atoms with Gasteiger partial charge in [0.25, 0.3) is 0 Å². The second-order valence-electron chi connectivity index (χ2n) is 12.0. The number of ether oxygens (including phenoxy) is 1. The van der Waals surface area contributed by atoms with Gasteiger partial charge < -0.3 is 9.84 Å². The Balaban J connectivity index is 1.30.